The Morgan fingerprint density at radius 2 is 1.42 bits per heavy atom. The van der Waals surface area contributed by atoms with E-state index in [9.17, 15) is 0 Å². The van der Waals surface area contributed by atoms with Crippen molar-refractivity contribution in [2.45, 2.75) is 10.8 Å². The van der Waals surface area contributed by atoms with Crippen LogP contribution < -0.4 is 4.74 Å². The number of rotatable bonds is 2. The average Bonchev–Trinajstić information content (AvgIpc) is 2.72. The van der Waals surface area contributed by atoms with E-state index in [1.54, 1.807) is 11.8 Å². The summed E-state index contributed by atoms with van der Waals surface area (Å²) in [5.41, 5.74) is 3.84. The lowest BCUT2D eigenvalue weighted by Gasteiger charge is -2.30. The molecule has 0 amide bonds. The molecule has 0 bridgehead atoms. The zero-order valence-electron chi connectivity index (χ0n) is 14.5. The summed E-state index contributed by atoms with van der Waals surface area (Å²) >= 11 is 1.80. The minimum absolute atomic E-state index is 0.171. The van der Waals surface area contributed by atoms with Gasteiger partial charge in [-0.2, -0.15) is 0 Å². The highest BCUT2D eigenvalue weighted by Gasteiger charge is 2.31. The number of thioether (sulfide) groups is 1. The van der Waals surface area contributed by atoms with Crippen molar-refractivity contribution in [3.8, 4) is 11.5 Å². The second kappa shape index (κ2) is 6.22. The second-order valence-electron chi connectivity index (χ2n) is 6.51. The smallest absolute Gasteiger partial charge is 0.132 e. The maximum Gasteiger partial charge on any atom is 0.132 e. The van der Waals surface area contributed by atoms with Gasteiger partial charge in [-0.1, -0.05) is 66.7 Å². The van der Waals surface area contributed by atoms with Gasteiger partial charge in [-0.25, -0.2) is 0 Å². The van der Waals surface area contributed by atoms with Crippen molar-refractivity contribution in [1.29, 1.82) is 0 Å². The first kappa shape index (κ1) is 15.5. The Morgan fingerprint density at radius 3 is 2.31 bits per heavy atom. The van der Waals surface area contributed by atoms with Gasteiger partial charge in [0.2, 0.25) is 0 Å². The van der Waals surface area contributed by atoms with Crippen LogP contribution in [0.2, 0.25) is 0 Å². The number of para-hydroxylation sites is 1. The highest BCUT2D eigenvalue weighted by molar-refractivity contribution is 7.98. The maximum absolute atomic E-state index is 6.30. The zero-order chi connectivity index (χ0) is 17.5. The number of hydrogen-bond acceptors (Lipinski definition) is 2. The fraction of sp³-hybridized carbons (Fsp3) is 0.0833. The van der Waals surface area contributed by atoms with Crippen LogP contribution in [0.5, 0.6) is 11.5 Å². The van der Waals surface area contributed by atoms with E-state index in [4.69, 9.17) is 4.74 Å². The van der Waals surface area contributed by atoms with Gasteiger partial charge in [-0.15, -0.1) is 11.8 Å². The van der Waals surface area contributed by atoms with Gasteiger partial charge >= 0.3 is 0 Å². The van der Waals surface area contributed by atoms with Gasteiger partial charge < -0.3 is 4.74 Å². The monoisotopic (exact) mass is 354 g/mol. The molecule has 5 rings (SSSR count). The SMILES string of the molecule is CSc1ccccc1C1c2ccccc2Oc2ccc3ccccc3c21. The van der Waals surface area contributed by atoms with Crippen LogP contribution in [0, 0.1) is 0 Å². The summed E-state index contributed by atoms with van der Waals surface area (Å²) in [7, 11) is 0. The topological polar surface area (TPSA) is 9.23 Å². The summed E-state index contributed by atoms with van der Waals surface area (Å²) in [6, 6.07) is 30.0. The lowest BCUT2D eigenvalue weighted by molar-refractivity contribution is 0.454. The number of fused-ring (bicyclic) bond motifs is 4. The normalized spacial score (nSPS) is 15.2. The summed E-state index contributed by atoms with van der Waals surface area (Å²) in [6.07, 6.45) is 2.15. The molecule has 0 saturated carbocycles. The van der Waals surface area contributed by atoms with Crippen LogP contribution in [0.15, 0.2) is 89.8 Å². The molecule has 1 aliphatic rings. The lowest BCUT2D eigenvalue weighted by Crippen LogP contribution is -2.13. The van der Waals surface area contributed by atoms with E-state index in [0.717, 1.165) is 11.5 Å². The first-order chi connectivity index (χ1) is 12.9. The Bertz CT molecular complexity index is 1120. The number of benzene rings is 4. The third kappa shape index (κ3) is 2.33. The zero-order valence-corrected chi connectivity index (χ0v) is 15.3. The highest BCUT2D eigenvalue weighted by atomic mass is 32.2. The van der Waals surface area contributed by atoms with E-state index in [2.05, 4.69) is 85.1 Å². The Labute approximate surface area is 157 Å². The molecule has 1 heterocycles. The molecule has 0 aromatic heterocycles. The predicted octanol–water partition coefficient (Wildman–Crippen LogP) is 6.85. The van der Waals surface area contributed by atoms with Gasteiger partial charge in [0.25, 0.3) is 0 Å². The van der Waals surface area contributed by atoms with Crippen molar-refractivity contribution >= 4 is 22.5 Å². The second-order valence-corrected chi connectivity index (χ2v) is 7.36. The fourth-order valence-corrected chi connectivity index (χ4v) is 4.61. The molecule has 4 aromatic rings. The predicted molar refractivity (Wildman–Crippen MR) is 110 cm³/mol. The van der Waals surface area contributed by atoms with Gasteiger partial charge in [0.1, 0.15) is 11.5 Å². The Kier molecular flexibility index (Phi) is 3.72. The van der Waals surface area contributed by atoms with Gasteiger partial charge in [-0.05, 0) is 40.8 Å². The first-order valence-electron chi connectivity index (χ1n) is 8.78. The van der Waals surface area contributed by atoms with Gasteiger partial charge in [-0.3, -0.25) is 0 Å². The van der Waals surface area contributed by atoms with E-state index in [1.165, 1.54) is 32.4 Å². The summed E-state index contributed by atoms with van der Waals surface area (Å²) in [4.78, 5) is 1.31. The van der Waals surface area contributed by atoms with E-state index >= 15 is 0 Å². The van der Waals surface area contributed by atoms with Crippen molar-refractivity contribution in [3.05, 3.63) is 102 Å². The van der Waals surface area contributed by atoms with Gasteiger partial charge in [0.05, 0.1) is 0 Å². The van der Waals surface area contributed by atoms with Crippen molar-refractivity contribution in [1.82, 2.24) is 0 Å². The summed E-state index contributed by atoms with van der Waals surface area (Å²) < 4.78 is 6.30. The van der Waals surface area contributed by atoms with E-state index in [-0.39, 0.29) is 5.92 Å². The van der Waals surface area contributed by atoms with E-state index in [1.807, 2.05) is 6.07 Å². The molecular formula is C24H18OS. The molecule has 0 N–H and O–H groups in total. The molecule has 0 radical (unpaired) electrons. The molecule has 1 aliphatic heterocycles. The molecule has 0 aliphatic carbocycles. The lowest BCUT2D eigenvalue weighted by atomic mass is 9.80. The van der Waals surface area contributed by atoms with E-state index in [0.29, 0.717) is 0 Å². The molecule has 26 heavy (non-hydrogen) atoms. The van der Waals surface area contributed by atoms with Crippen LogP contribution in [0.1, 0.15) is 22.6 Å². The molecule has 0 spiro atoms. The average molecular weight is 354 g/mol. The van der Waals surface area contributed by atoms with Crippen LogP contribution in [-0.2, 0) is 0 Å². The maximum atomic E-state index is 6.30. The van der Waals surface area contributed by atoms with Crippen molar-refractivity contribution in [3.63, 3.8) is 0 Å². The largest absolute Gasteiger partial charge is 0.457 e. The molecule has 1 atom stereocenters. The van der Waals surface area contributed by atoms with Gasteiger partial charge in [0, 0.05) is 21.9 Å². The van der Waals surface area contributed by atoms with Crippen LogP contribution in [-0.4, -0.2) is 6.26 Å². The molecule has 4 aromatic carbocycles. The van der Waals surface area contributed by atoms with Gasteiger partial charge in [0.15, 0.2) is 0 Å². The third-order valence-corrected chi connectivity index (χ3v) is 5.93. The molecule has 1 nitrogen and oxygen atoms in total. The number of hydrogen-bond donors (Lipinski definition) is 0. The van der Waals surface area contributed by atoms with Crippen LogP contribution in [0.25, 0.3) is 10.8 Å². The number of ether oxygens (including phenoxy) is 1. The first-order valence-corrected chi connectivity index (χ1v) is 10.0. The Hall–Kier alpha value is -2.71. The third-order valence-electron chi connectivity index (χ3n) is 5.12. The Morgan fingerprint density at radius 1 is 0.692 bits per heavy atom. The molecule has 1 unspecified atom stereocenters. The molecular weight excluding hydrogens is 336 g/mol. The summed E-state index contributed by atoms with van der Waals surface area (Å²) in [5.74, 6) is 2.09. The standard InChI is InChI=1S/C24H18OS/c1-26-22-13-7-5-11-19(22)23-18-10-4-6-12-20(18)25-21-15-14-16-8-2-3-9-17(16)24(21)23/h2-15,23H,1H3. The summed E-state index contributed by atoms with van der Waals surface area (Å²) in [5, 5.41) is 2.52. The molecule has 0 fully saturated rings. The quantitative estimate of drug-likeness (QED) is 0.321. The summed E-state index contributed by atoms with van der Waals surface area (Å²) in [6.45, 7) is 0. The van der Waals surface area contributed by atoms with Crippen LogP contribution in [0.4, 0.5) is 0 Å². The van der Waals surface area contributed by atoms with E-state index < -0.39 is 0 Å². The minimum Gasteiger partial charge on any atom is -0.457 e. The van der Waals surface area contributed by atoms with Crippen LogP contribution in [0.3, 0.4) is 0 Å². The Balaban J connectivity index is 1.88. The highest BCUT2D eigenvalue weighted by Crippen LogP contribution is 2.51. The van der Waals surface area contributed by atoms with Crippen molar-refractivity contribution in [2.75, 3.05) is 6.26 Å². The molecule has 0 saturated heterocycles. The van der Waals surface area contributed by atoms with Crippen molar-refractivity contribution in [2.24, 2.45) is 0 Å². The molecule has 2 heteroatoms. The fourth-order valence-electron chi connectivity index (χ4n) is 3.98. The molecule has 126 valence electrons. The van der Waals surface area contributed by atoms with Crippen LogP contribution >= 0.6 is 11.8 Å². The van der Waals surface area contributed by atoms with Crippen molar-refractivity contribution < 1.29 is 4.74 Å². The minimum atomic E-state index is 0.171.